The number of carbonyl (C=O) groups excluding carboxylic acids is 1. The van der Waals surface area contributed by atoms with Crippen LogP contribution in [-0.2, 0) is 4.79 Å². The smallest absolute Gasteiger partial charge is 0.306 e. The van der Waals surface area contributed by atoms with E-state index in [4.69, 9.17) is 14.6 Å². The van der Waals surface area contributed by atoms with Gasteiger partial charge in [-0.25, -0.2) is 0 Å². The van der Waals surface area contributed by atoms with Crippen molar-refractivity contribution in [2.75, 3.05) is 27.3 Å². The van der Waals surface area contributed by atoms with Crippen molar-refractivity contribution in [3.05, 3.63) is 23.8 Å². The number of benzene rings is 1. The molecule has 1 amide bonds. The van der Waals surface area contributed by atoms with Gasteiger partial charge in [0.2, 0.25) is 0 Å². The van der Waals surface area contributed by atoms with Gasteiger partial charge in [-0.3, -0.25) is 9.59 Å². The topological polar surface area (TPSA) is 76.1 Å². The van der Waals surface area contributed by atoms with E-state index in [0.717, 1.165) is 0 Å². The van der Waals surface area contributed by atoms with Crippen LogP contribution in [0.4, 0.5) is 0 Å². The number of carboxylic acids is 1. The maximum atomic E-state index is 12.5. The van der Waals surface area contributed by atoms with Crippen molar-refractivity contribution in [1.82, 2.24) is 4.90 Å². The molecule has 0 bridgehead atoms. The Balaban J connectivity index is 2.10. The van der Waals surface area contributed by atoms with Crippen LogP contribution in [0.5, 0.6) is 11.5 Å². The highest BCUT2D eigenvalue weighted by molar-refractivity contribution is 5.98. The van der Waals surface area contributed by atoms with Gasteiger partial charge in [0.15, 0.2) is 0 Å². The number of nitrogens with zero attached hydrogens (tertiary/aromatic N) is 1. The van der Waals surface area contributed by atoms with E-state index in [9.17, 15) is 9.59 Å². The zero-order valence-electron chi connectivity index (χ0n) is 12.3. The fourth-order valence-corrected chi connectivity index (χ4v) is 2.35. The lowest BCUT2D eigenvalue weighted by molar-refractivity contribution is -0.144. The predicted molar refractivity (Wildman–Crippen MR) is 75.7 cm³/mol. The first-order valence-electron chi connectivity index (χ1n) is 6.72. The van der Waals surface area contributed by atoms with Gasteiger partial charge < -0.3 is 19.5 Å². The molecule has 1 aliphatic rings. The molecule has 1 atom stereocenters. The third-order valence-corrected chi connectivity index (χ3v) is 3.93. The van der Waals surface area contributed by atoms with E-state index in [2.05, 4.69) is 0 Å². The van der Waals surface area contributed by atoms with E-state index in [0.29, 0.717) is 30.2 Å². The van der Waals surface area contributed by atoms with Gasteiger partial charge in [-0.1, -0.05) is 6.92 Å². The van der Waals surface area contributed by atoms with E-state index < -0.39 is 11.9 Å². The van der Waals surface area contributed by atoms with Gasteiger partial charge in [0, 0.05) is 19.0 Å². The van der Waals surface area contributed by atoms with Crippen LogP contribution in [0.3, 0.4) is 0 Å². The number of carbonyl (C=O) groups is 2. The molecule has 0 saturated carbocycles. The van der Waals surface area contributed by atoms with E-state index in [1.807, 2.05) is 0 Å². The number of aliphatic carboxylic acids is 1. The summed E-state index contributed by atoms with van der Waals surface area (Å²) in [6.45, 7) is 2.57. The van der Waals surface area contributed by atoms with Crippen molar-refractivity contribution in [1.29, 1.82) is 0 Å². The van der Waals surface area contributed by atoms with E-state index in [1.165, 1.54) is 14.2 Å². The maximum Gasteiger partial charge on any atom is 0.306 e. The fourth-order valence-electron chi connectivity index (χ4n) is 2.35. The van der Waals surface area contributed by atoms with Crippen LogP contribution in [0.25, 0.3) is 0 Å². The average molecular weight is 293 g/mol. The van der Waals surface area contributed by atoms with Crippen LogP contribution in [0.2, 0.25) is 0 Å². The highest BCUT2D eigenvalue weighted by Gasteiger charge is 2.38. The minimum absolute atomic E-state index is 0.00283. The molecule has 6 heteroatoms. The summed E-state index contributed by atoms with van der Waals surface area (Å²) < 4.78 is 10.3. The molecule has 1 aliphatic heterocycles. The van der Waals surface area contributed by atoms with E-state index >= 15 is 0 Å². The van der Waals surface area contributed by atoms with Crippen LogP contribution in [0.15, 0.2) is 18.2 Å². The second-order valence-electron chi connectivity index (χ2n) is 5.16. The highest BCUT2D eigenvalue weighted by Crippen LogP contribution is 2.30. The molecule has 1 aromatic rings. The van der Waals surface area contributed by atoms with Crippen molar-refractivity contribution in [2.24, 2.45) is 11.8 Å². The monoisotopic (exact) mass is 293 g/mol. The van der Waals surface area contributed by atoms with Gasteiger partial charge in [0.05, 0.1) is 25.7 Å². The van der Waals surface area contributed by atoms with E-state index in [-0.39, 0.29) is 11.8 Å². The summed E-state index contributed by atoms with van der Waals surface area (Å²) >= 11 is 0. The van der Waals surface area contributed by atoms with Crippen LogP contribution in [0.1, 0.15) is 17.3 Å². The van der Waals surface area contributed by atoms with E-state index in [1.54, 1.807) is 30.0 Å². The number of methoxy groups -OCH3 is 2. The number of ether oxygens (including phenoxy) is 2. The van der Waals surface area contributed by atoms with Gasteiger partial charge in [-0.15, -0.1) is 0 Å². The number of carboxylic acid groups (broad SMARTS) is 1. The van der Waals surface area contributed by atoms with Gasteiger partial charge in [-0.05, 0) is 18.2 Å². The highest BCUT2D eigenvalue weighted by atomic mass is 16.5. The number of hydrogen-bond donors (Lipinski definition) is 1. The number of rotatable bonds is 5. The first kappa shape index (κ1) is 15.2. The molecule has 1 saturated heterocycles. The lowest BCUT2D eigenvalue weighted by Gasteiger charge is -2.41. The van der Waals surface area contributed by atoms with Crippen LogP contribution < -0.4 is 9.47 Å². The SMILES string of the molecule is COc1ccc(OC)c(C(=O)N2CC(C(C)C(=O)O)C2)c1. The summed E-state index contributed by atoms with van der Waals surface area (Å²) in [5.74, 6) is -0.374. The molecule has 1 unspecified atom stereocenters. The summed E-state index contributed by atoms with van der Waals surface area (Å²) in [5, 5.41) is 8.97. The molecular formula is C15H19NO5. The summed E-state index contributed by atoms with van der Waals surface area (Å²) in [6, 6.07) is 5.04. The van der Waals surface area contributed by atoms with Gasteiger partial charge in [0.1, 0.15) is 11.5 Å². The van der Waals surface area contributed by atoms with Gasteiger partial charge >= 0.3 is 5.97 Å². The molecule has 21 heavy (non-hydrogen) atoms. The third-order valence-electron chi connectivity index (χ3n) is 3.93. The van der Waals surface area contributed by atoms with Crippen LogP contribution in [0, 0.1) is 11.8 Å². The zero-order valence-corrected chi connectivity index (χ0v) is 12.3. The molecule has 0 aromatic heterocycles. The molecular weight excluding hydrogens is 274 g/mol. The zero-order chi connectivity index (χ0) is 15.6. The molecule has 1 fully saturated rings. The van der Waals surface area contributed by atoms with Crippen molar-refractivity contribution >= 4 is 11.9 Å². The Morgan fingerprint density at radius 2 is 1.95 bits per heavy atom. The average Bonchev–Trinajstić information content (AvgIpc) is 2.44. The first-order valence-corrected chi connectivity index (χ1v) is 6.72. The number of hydrogen-bond acceptors (Lipinski definition) is 4. The lowest BCUT2D eigenvalue weighted by atomic mass is 9.86. The Morgan fingerprint density at radius 3 is 2.48 bits per heavy atom. The third kappa shape index (κ3) is 2.94. The maximum absolute atomic E-state index is 12.5. The second-order valence-corrected chi connectivity index (χ2v) is 5.16. The van der Waals surface area contributed by atoms with Crippen molar-refractivity contribution < 1.29 is 24.2 Å². The Bertz CT molecular complexity index is 551. The largest absolute Gasteiger partial charge is 0.497 e. The molecule has 1 N–H and O–H groups in total. The lowest BCUT2D eigenvalue weighted by Crippen LogP contribution is -2.53. The number of likely N-dealkylation sites (tertiary alicyclic amines) is 1. The standard InChI is InChI=1S/C15H19NO5/c1-9(15(18)19)10-7-16(8-10)14(17)12-6-11(20-2)4-5-13(12)21-3/h4-6,9-10H,7-8H2,1-3H3,(H,18,19). The Labute approximate surface area is 123 Å². The molecule has 1 heterocycles. The summed E-state index contributed by atoms with van der Waals surface area (Å²) in [5.41, 5.74) is 0.429. The van der Waals surface area contributed by atoms with Crippen LogP contribution in [-0.4, -0.2) is 49.2 Å². The van der Waals surface area contributed by atoms with Crippen molar-refractivity contribution in [3.63, 3.8) is 0 Å². The Kier molecular flexibility index (Phi) is 4.35. The van der Waals surface area contributed by atoms with Crippen molar-refractivity contribution in [3.8, 4) is 11.5 Å². The Morgan fingerprint density at radius 1 is 1.29 bits per heavy atom. The molecule has 0 spiro atoms. The molecule has 0 aliphatic carbocycles. The van der Waals surface area contributed by atoms with Gasteiger partial charge in [0.25, 0.3) is 5.91 Å². The molecule has 1 aromatic carbocycles. The van der Waals surface area contributed by atoms with Crippen molar-refractivity contribution in [2.45, 2.75) is 6.92 Å². The minimum atomic E-state index is -0.828. The summed E-state index contributed by atoms with van der Waals surface area (Å²) in [4.78, 5) is 25.0. The Hall–Kier alpha value is -2.24. The molecule has 6 nitrogen and oxygen atoms in total. The summed E-state index contributed by atoms with van der Waals surface area (Å²) in [6.07, 6.45) is 0. The molecule has 2 rings (SSSR count). The normalized spacial score (nSPS) is 16.0. The molecule has 0 radical (unpaired) electrons. The van der Waals surface area contributed by atoms with Crippen LogP contribution >= 0.6 is 0 Å². The quantitative estimate of drug-likeness (QED) is 0.890. The minimum Gasteiger partial charge on any atom is -0.497 e. The second kappa shape index (κ2) is 6.03. The number of amides is 1. The fraction of sp³-hybridized carbons (Fsp3) is 0.467. The molecule has 114 valence electrons. The first-order chi connectivity index (χ1) is 9.97. The van der Waals surface area contributed by atoms with Gasteiger partial charge in [-0.2, -0.15) is 0 Å². The predicted octanol–water partition coefficient (Wildman–Crippen LogP) is 1.50. The summed E-state index contributed by atoms with van der Waals surface area (Å²) in [7, 11) is 3.04.